The molecule has 1 N–H and O–H groups in total. The number of unbranched alkanes of at least 4 members (excludes halogenated alkanes) is 1. The Bertz CT molecular complexity index is 392. The number of ether oxygens (including phenoxy) is 2. The summed E-state index contributed by atoms with van der Waals surface area (Å²) < 4.78 is 9.56. The molecule has 0 aliphatic carbocycles. The maximum Gasteiger partial charge on any atom is 0.410 e. The fourth-order valence-electron chi connectivity index (χ4n) is 1.89. The van der Waals surface area contributed by atoms with E-state index in [4.69, 9.17) is 10.00 Å². The predicted octanol–water partition coefficient (Wildman–Crippen LogP) is 0.425. The van der Waals surface area contributed by atoms with Crippen LogP contribution in [-0.2, 0) is 14.3 Å². The monoisotopic (exact) mass is 270 g/mol. The Kier molecular flexibility index (Phi) is 5.12. The van der Waals surface area contributed by atoms with Crippen molar-refractivity contribution in [3.63, 3.8) is 0 Å². The van der Waals surface area contributed by atoms with Gasteiger partial charge in [0.25, 0.3) is 0 Å². The van der Waals surface area contributed by atoms with Crippen molar-refractivity contribution in [3.05, 3.63) is 0 Å². The van der Waals surface area contributed by atoms with Crippen molar-refractivity contribution < 1.29 is 24.2 Å². The number of carbonyl (C=O) groups is 2. The van der Waals surface area contributed by atoms with E-state index in [1.165, 1.54) is 7.11 Å². The molecule has 0 aromatic heterocycles. The third-order valence-electron chi connectivity index (χ3n) is 2.98. The molecule has 106 valence electrons. The Morgan fingerprint density at radius 3 is 2.79 bits per heavy atom. The molecule has 0 radical (unpaired) electrons. The summed E-state index contributed by atoms with van der Waals surface area (Å²) in [6, 6.07) is 0.717. The van der Waals surface area contributed by atoms with Crippen LogP contribution < -0.4 is 0 Å². The standard InChI is InChI=1S/C12H18N2O5/c1-3-4-5-19-11(16)14-8-12(17,7-13)6-9(14)10(15)18-2/h9,17H,3-6,8H2,1-2H3/t9-,12-/m0/s1. The van der Waals surface area contributed by atoms with Crippen molar-refractivity contribution in [3.8, 4) is 6.07 Å². The first-order chi connectivity index (χ1) is 8.97. The van der Waals surface area contributed by atoms with Crippen LogP contribution in [0.2, 0.25) is 0 Å². The van der Waals surface area contributed by atoms with Crippen LogP contribution in [0.4, 0.5) is 4.79 Å². The Hall–Kier alpha value is -1.81. The number of likely N-dealkylation sites (tertiary alicyclic amines) is 1. The lowest BCUT2D eigenvalue weighted by Gasteiger charge is -2.21. The number of β-amino-alcohol motifs (C(OH)–C–C–N with tert-alkyl or cyclic N) is 1. The van der Waals surface area contributed by atoms with E-state index in [9.17, 15) is 14.7 Å². The summed E-state index contributed by atoms with van der Waals surface area (Å²) >= 11 is 0. The lowest BCUT2D eigenvalue weighted by Crippen LogP contribution is -2.42. The molecule has 0 spiro atoms. The van der Waals surface area contributed by atoms with Gasteiger partial charge in [0.1, 0.15) is 6.04 Å². The summed E-state index contributed by atoms with van der Waals surface area (Å²) in [5, 5.41) is 18.8. The summed E-state index contributed by atoms with van der Waals surface area (Å²) in [4.78, 5) is 24.4. The van der Waals surface area contributed by atoms with E-state index in [0.29, 0.717) is 6.42 Å². The Morgan fingerprint density at radius 1 is 1.58 bits per heavy atom. The summed E-state index contributed by atoms with van der Waals surface area (Å²) in [6.07, 6.45) is 0.704. The summed E-state index contributed by atoms with van der Waals surface area (Å²) in [7, 11) is 1.19. The fourth-order valence-corrected chi connectivity index (χ4v) is 1.89. The van der Waals surface area contributed by atoms with E-state index >= 15 is 0 Å². The molecule has 1 heterocycles. The number of nitriles is 1. The van der Waals surface area contributed by atoms with Gasteiger partial charge in [-0.2, -0.15) is 5.26 Å². The van der Waals surface area contributed by atoms with E-state index in [0.717, 1.165) is 11.3 Å². The summed E-state index contributed by atoms with van der Waals surface area (Å²) in [5.74, 6) is -0.668. The second kappa shape index (κ2) is 6.38. The quantitative estimate of drug-likeness (QED) is 0.451. The number of aliphatic hydroxyl groups is 1. The van der Waals surface area contributed by atoms with Crippen LogP contribution in [0.1, 0.15) is 26.2 Å². The third-order valence-corrected chi connectivity index (χ3v) is 2.98. The molecular formula is C12H18N2O5. The van der Waals surface area contributed by atoms with E-state index in [1.54, 1.807) is 6.07 Å². The summed E-state index contributed by atoms with van der Waals surface area (Å²) in [5.41, 5.74) is -1.73. The Balaban J connectivity index is 2.75. The van der Waals surface area contributed by atoms with Crippen molar-refractivity contribution in [2.75, 3.05) is 20.3 Å². The van der Waals surface area contributed by atoms with Gasteiger partial charge in [-0.3, -0.25) is 4.90 Å². The van der Waals surface area contributed by atoms with E-state index in [1.807, 2.05) is 6.92 Å². The smallest absolute Gasteiger partial charge is 0.410 e. The van der Waals surface area contributed by atoms with E-state index < -0.39 is 23.7 Å². The second-order valence-corrected chi connectivity index (χ2v) is 4.48. The van der Waals surface area contributed by atoms with Gasteiger partial charge in [-0.15, -0.1) is 0 Å². The Morgan fingerprint density at radius 2 is 2.26 bits per heavy atom. The molecule has 0 aromatic rings. The number of methoxy groups -OCH3 is 1. The molecular weight excluding hydrogens is 252 g/mol. The van der Waals surface area contributed by atoms with Crippen molar-refractivity contribution in [1.29, 1.82) is 5.26 Å². The molecule has 7 heteroatoms. The van der Waals surface area contributed by atoms with Crippen LogP contribution in [0, 0.1) is 11.3 Å². The molecule has 1 amide bonds. The zero-order chi connectivity index (χ0) is 14.5. The van der Waals surface area contributed by atoms with Gasteiger partial charge < -0.3 is 14.6 Å². The molecule has 1 aliphatic heterocycles. The Labute approximate surface area is 111 Å². The zero-order valence-electron chi connectivity index (χ0n) is 11.1. The lowest BCUT2D eigenvalue weighted by atomic mass is 10.0. The summed E-state index contributed by atoms with van der Waals surface area (Å²) in [6.45, 7) is 1.94. The fraction of sp³-hybridized carbons (Fsp3) is 0.750. The van der Waals surface area contributed by atoms with Gasteiger partial charge in [-0.05, 0) is 6.42 Å². The van der Waals surface area contributed by atoms with Crippen LogP contribution in [-0.4, -0.2) is 54.0 Å². The van der Waals surface area contributed by atoms with Gasteiger partial charge in [0.15, 0.2) is 5.60 Å². The third kappa shape index (κ3) is 3.58. The van der Waals surface area contributed by atoms with Crippen molar-refractivity contribution in [2.24, 2.45) is 0 Å². The molecule has 1 saturated heterocycles. The van der Waals surface area contributed by atoms with Gasteiger partial charge in [0, 0.05) is 6.42 Å². The first-order valence-electron chi connectivity index (χ1n) is 6.12. The van der Waals surface area contributed by atoms with Crippen molar-refractivity contribution in [1.82, 2.24) is 4.90 Å². The average Bonchev–Trinajstić information content (AvgIpc) is 2.77. The zero-order valence-corrected chi connectivity index (χ0v) is 11.1. The van der Waals surface area contributed by atoms with Crippen molar-refractivity contribution in [2.45, 2.75) is 37.8 Å². The molecule has 1 aliphatic rings. The number of carbonyl (C=O) groups excluding carboxylic acids is 2. The number of esters is 1. The van der Waals surface area contributed by atoms with Crippen LogP contribution >= 0.6 is 0 Å². The number of rotatable bonds is 4. The van der Waals surface area contributed by atoms with Crippen LogP contribution in [0.5, 0.6) is 0 Å². The molecule has 2 atom stereocenters. The largest absolute Gasteiger partial charge is 0.467 e. The maximum absolute atomic E-state index is 11.8. The van der Waals surface area contributed by atoms with Crippen molar-refractivity contribution >= 4 is 12.1 Å². The van der Waals surface area contributed by atoms with Gasteiger partial charge >= 0.3 is 12.1 Å². The lowest BCUT2D eigenvalue weighted by molar-refractivity contribution is -0.145. The van der Waals surface area contributed by atoms with Gasteiger partial charge in [-0.25, -0.2) is 9.59 Å². The molecule has 0 unspecified atom stereocenters. The number of hydrogen-bond donors (Lipinski definition) is 1. The first-order valence-corrected chi connectivity index (χ1v) is 6.12. The molecule has 0 aromatic carbocycles. The van der Waals surface area contributed by atoms with E-state index in [-0.39, 0.29) is 19.6 Å². The minimum Gasteiger partial charge on any atom is -0.467 e. The minimum atomic E-state index is -1.73. The highest BCUT2D eigenvalue weighted by atomic mass is 16.6. The minimum absolute atomic E-state index is 0.168. The normalized spacial score (nSPS) is 25.8. The SMILES string of the molecule is CCCCOC(=O)N1C[C@@](O)(C#N)C[C@H]1C(=O)OC. The second-order valence-electron chi connectivity index (χ2n) is 4.48. The maximum atomic E-state index is 11.8. The van der Waals surface area contributed by atoms with Crippen LogP contribution in [0.25, 0.3) is 0 Å². The van der Waals surface area contributed by atoms with Crippen LogP contribution in [0.15, 0.2) is 0 Å². The number of hydrogen-bond acceptors (Lipinski definition) is 6. The number of nitrogens with zero attached hydrogens (tertiary/aromatic N) is 2. The molecule has 0 saturated carbocycles. The van der Waals surface area contributed by atoms with Gasteiger partial charge in [0.2, 0.25) is 0 Å². The molecule has 19 heavy (non-hydrogen) atoms. The van der Waals surface area contributed by atoms with Gasteiger partial charge in [0.05, 0.1) is 26.3 Å². The molecule has 1 fully saturated rings. The molecule has 1 rings (SSSR count). The van der Waals surface area contributed by atoms with Crippen LogP contribution in [0.3, 0.4) is 0 Å². The average molecular weight is 270 g/mol. The number of amides is 1. The first kappa shape index (κ1) is 15.2. The molecule has 7 nitrogen and oxygen atoms in total. The highest BCUT2D eigenvalue weighted by Crippen LogP contribution is 2.28. The van der Waals surface area contributed by atoms with Gasteiger partial charge in [-0.1, -0.05) is 13.3 Å². The highest BCUT2D eigenvalue weighted by Gasteiger charge is 2.49. The molecule has 0 bridgehead atoms. The topological polar surface area (TPSA) is 99.9 Å². The predicted molar refractivity (Wildman–Crippen MR) is 63.9 cm³/mol. The van der Waals surface area contributed by atoms with E-state index in [2.05, 4.69) is 4.74 Å². The highest BCUT2D eigenvalue weighted by molar-refractivity contribution is 5.82.